The highest BCUT2D eigenvalue weighted by atomic mass is 16.7. The quantitative estimate of drug-likeness (QED) is 0.665. The summed E-state index contributed by atoms with van der Waals surface area (Å²) in [4.78, 5) is 29.4. The Balaban J connectivity index is 2.86. The zero-order valence-electron chi connectivity index (χ0n) is 14.8. The lowest BCUT2D eigenvalue weighted by atomic mass is 9.81. The lowest BCUT2D eigenvalue weighted by Gasteiger charge is -2.30. The minimum atomic E-state index is -1.37. The molecule has 0 N–H and O–H groups in total. The zero-order valence-corrected chi connectivity index (χ0v) is 14.8. The number of esters is 2. The molecule has 1 aliphatic rings. The van der Waals surface area contributed by atoms with E-state index in [1.807, 2.05) is 20.8 Å². The number of rotatable bonds is 7. The van der Waals surface area contributed by atoms with Crippen LogP contribution >= 0.6 is 0 Å². The normalized spacial score (nSPS) is 22.1. The molecule has 1 heterocycles. The molecule has 0 aromatic carbocycles. The van der Waals surface area contributed by atoms with Crippen LogP contribution in [0.25, 0.3) is 0 Å². The van der Waals surface area contributed by atoms with E-state index < -0.39 is 23.6 Å². The maximum atomic E-state index is 12.4. The molecule has 1 aliphatic heterocycles. The molecular formula is C16H27NO6. The van der Waals surface area contributed by atoms with Gasteiger partial charge in [0.05, 0.1) is 18.9 Å². The molecule has 0 radical (unpaired) electrons. The fourth-order valence-electron chi connectivity index (χ4n) is 2.13. The van der Waals surface area contributed by atoms with Crippen molar-refractivity contribution < 1.29 is 28.6 Å². The number of nitrogens with zero attached hydrogens (tertiary/aromatic N) is 1. The first-order valence-corrected chi connectivity index (χ1v) is 7.87. The monoisotopic (exact) mass is 329 g/mol. The van der Waals surface area contributed by atoms with Crippen molar-refractivity contribution in [2.24, 2.45) is 10.6 Å². The molecule has 2 unspecified atom stereocenters. The number of ether oxygens (including phenoxy) is 3. The molecule has 132 valence electrons. The van der Waals surface area contributed by atoms with Gasteiger partial charge in [0.15, 0.2) is 0 Å². The van der Waals surface area contributed by atoms with E-state index in [2.05, 4.69) is 5.16 Å². The second-order valence-corrected chi connectivity index (χ2v) is 6.42. The van der Waals surface area contributed by atoms with E-state index >= 15 is 0 Å². The Morgan fingerprint density at radius 3 is 2.35 bits per heavy atom. The Kier molecular flexibility index (Phi) is 6.56. The van der Waals surface area contributed by atoms with Crippen LogP contribution in [0.1, 0.15) is 48.0 Å². The molecule has 0 bridgehead atoms. The minimum absolute atomic E-state index is 0.222. The van der Waals surface area contributed by atoms with Crippen molar-refractivity contribution in [1.29, 1.82) is 0 Å². The summed E-state index contributed by atoms with van der Waals surface area (Å²) in [6.45, 7) is 11.3. The van der Waals surface area contributed by atoms with Gasteiger partial charge in [0.2, 0.25) is 0 Å². The summed E-state index contributed by atoms with van der Waals surface area (Å²) in [6, 6.07) is 0. The van der Waals surface area contributed by atoms with Crippen molar-refractivity contribution in [3.05, 3.63) is 0 Å². The molecule has 0 aliphatic carbocycles. The van der Waals surface area contributed by atoms with E-state index in [-0.39, 0.29) is 31.7 Å². The predicted molar refractivity (Wildman–Crippen MR) is 84.0 cm³/mol. The smallest absolute Gasteiger partial charge is 0.356 e. The molecule has 23 heavy (non-hydrogen) atoms. The second kappa shape index (κ2) is 7.77. The largest absolute Gasteiger partial charge is 0.464 e. The molecule has 2 atom stereocenters. The summed E-state index contributed by atoms with van der Waals surface area (Å²) in [7, 11) is 0. The fourth-order valence-corrected chi connectivity index (χ4v) is 2.13. The molecule has 0 aromatic rings. The van der Waals surface area contributed by atoms with Crippen LogP contribution in [0.4, 0.5) is 0 Å². The highest BCUT2D eigenvalue weighted by molar-refractivity contribution is 5.97. The maximum absolute atomic E-state index is 12.4. The van der Waals surface area contributed by atoms with E-state index in [9.17, 15) is 9.59 Å². The third-order valence-electron chi connectivity index (χ3n) is 3.65. The second-order valence-electron chi connectivity index (χ2n) is 6.42. The molecule has 7 heteroatoms. The number of carbonyl (C=O) groups is 2. The van der Waals surface area contributed by atoms with Crippen molar-refractivity contribution in [2.75, 3.05) is 19.8 Å². The van der Waals surface area contributed by atoms with E-state index in [1.165, 1.54) is 0 Å². The fraction of sp³-hybridized carbons (Fsp3) is 0.812. The van der Waals surface area contributed by atoms with Gasteiger partial charge in [-0.1, -0.05) is 25.9 Å². The van der Waals surface area contributed by atoms with Gasteiger partial charge in [0.1, 0.15) is 12.7 Å². The average molecular weight is 329 g/mol. The van der Waals surface area contributed by atoms with E-state index in [0.29, 0.717) is 0 Å². The summed E-state index contributed by atoms with van der Waals surface area (Å²) < 4.78 is 15.5. The highest BCUT2D eigenvalue weighted by Gasteiger charge is 2.55. The van der Waals surface area contributed by atoms with Crippen molar-refractivity contribution in [2.45, 2.75) is 59.7 Å². The van der Waals surface area contributed by atoms with Crippen molar-refractivity contribution in [3.63, 3.8) is 0 Å². The molecule has 0 fully saturated rings. The lowest BCUT2D eigenvalue weighted by Crippen LogP contribution is -2.51. The van der Waals surface area contributed by atoms with Gasteiger partial charge in [-0.3, -0.25) is 0 Å². The van der Waals surface area contributed by atoms with Crippen LogP contribution in [0.15, 0.2) is 5.16 Å². The molecule has 7 nitrogen and oxygen atoms in total. The highest BCUT2D eigenvalue weighted by Crippen LogP contribution is 2.36. The molecule has 1 rings (SSSR count). The molecule has 0 saturated carbocycles. The van der Waals surface area contributed by atoms with Gasteiger partial charge in [-0.2, -0.15) is 0 Å². The van der Waals surface area contributed by atoms with Crippen LogP contribution in [0.2, 0.25) is 0 Å². The Bertz CT molecular complexity index is 468. The molecule has 0 aromatic heterocycles. The minimum Gasteiger partial charge on any atom is -0.464 e. The SMILES string of the molecule is CCOC(=O)COC(C)C1(C(=O)OCC)CC(C(C)(C)C)=NO1. The molecule has 0 saturated heterocycles. The summed E-state index contributed by atoms with van der Waals surface area (Å²) in [5.74, 6) is -1.03. The van der Waals surface area contributed by atoms with Crippen molar-refractivity contribution >= 4 is 17.7 Å². The molecular weight excluding hydrogens is 302 g/mol. The van der Waals surface area contributed by atoms with Crippen molar-refractivity contribution in [3.8, 4) is 0 Å². The summed E-state index contributed by atoms with van der Waals surface area (Å²) in [6.07, 6.45) is -0.450. The van der Waals surface area contributed by atoms with Gasteiger partial charge in [0, 0.05) is 11.8 Å². The van der Waals surface area contributed by atoms with Crippen molar-refractivity contribution in [1.82, 2.24) is 0 Å². The van der Waals surface area contributed by atoms with Gasteiger partial charge in [-0.15, -0.1) is 0 Å². The summed E-state index contributed by atoms with van der Waals surface area (Å²) >= 11 is 0. The summed E-state index contributed by atoms with van der Waals surface area (Å²) in [5, 5.41) is 4.07. The van der Waals surface area contributed by atoms with Crippen LogP contribution in [0.3, 0.4) is 0 Å². The molecule has 0 spiro atoms. The predicted octanol–water partition coefficient (Wildman–Crippen LogP) is 2.08. The summed E-state index contributed by atoms with van der Waals surface area (Å²) in [5.41, 5.74) is -0.864. The number of hydrogen-bond acceptors (Lipinski definition) is 7. The Morgan fingerprint density at radius 1 is 1.26 bits per heavy atom. The first-order valence-electron chi connectivity index (χ1n) is 7.87. The standard InChI is InChI=1S/C16H27NO6/c1-7-20-13(18)10-22-11(3)16(14(19)21-8-2)9-12(17-23-16)15(4,5)6/h11H,7-10H2,1-6H3. The van der Waals surface area contributed by atoms with Crippen LogP contribution < -0.4 is 0 Å². The van der Waals surface area contributed by atoms with Gasteiger partial charge in [-0.25, -0.2) is 9.59 Å². The van der Waals surface area contributed by atoms with E-state index in [0.717, 1.165) is 5.71 Å². The van der Waals surface area contributed by atoms with Crippen LogP contribution in [0.5, 0.6) is 0 Å². The maximum Gasteiger partial charge on any atom is 0.356 e. The van der Waals surface area contributed by atoms with E-state index in [1.54, 1.807) is 20.8 Å². The van der Waals surface area contributed by atoms with E-state index in [4.69, 9.17) is 19.0 Å². The first-order chi connectivity index (χ1) is 10.7. The van der Waals surface area contributed by atoms with Gasteiger partial charge < -0.3 is 19.0 Å². The third kappa shape index (κ3) is 4.67. The first kappa shape index (κ1) is 19.4. The topological polar surface area (TPSA) is 83.4 Å². The molecule has 0 amide bonds. The van der Waals surface area contributed by atoms with Crippen LogP contribution in [0, 0.1) is 5.41 Å². The van der Waals surface area contributed by atoms with Gasteiger partial charge in [0.25, 0.3) is 5.60 Å². The van der Waals surface area contributed by atoms with Crippen LogP contribution in [-0.2, 0) is 28.6 Å². The third-order valence-corrected chi connectivity index (χ3v) is 3.65. The number of oxime groups is 1. The Morgan fingerprint density at radius 2 is 1.87 bits per heavy atom. The van der Waals surface area contributed by atoms with Crippen LogP contribution in [-0.4, -0.2) is 49.2 Å². The Labute approximate surface area is 137 Å². The van der Waals surface area contributed by atoms with Gasteiger partial charge >= 0.3 is 11.9 Å². The lowest BCUT2D eigenvalue weighted by molar-refractivity contribution is -0.190. The number of hydrogen-bond donors (Lipinski definition) is 0. The Hall–Kier alpha value is -1.63. The average Bonchev–Trinajstić information content (AvgIpc) is 2.92. The van der Waals surface area contributed by atoms with Gasteiger partial charge in [-0.05, 0) is 20.8 Å². The zero-order chi connectivity index (χ0) is 17.7. The number of carbonyl (C=O) groups excluding carboxylic acids is 2.